The van der Waals surface area contributed by atoms with Crippen molar-refractivity contribution in [3.63, 3.8) is 0 Å². The fourth-order valence-corrected chi connectivity index (χ4v) is 3.61. The Bertz CT molecular complexity index is 1520. The van der Waals surface area contributed by atoms with E-state index in [0.29, 0.717) is 11.1 Å². The molecule has 0 aliphatic rings. The van der Waals surface area contributed by atoms with Crippen molar-refractivity contribution in [3.05, 3.63) is 100 Å². The molecule has 0 unspecified atom stereocenters. The Morgan fingerprint density at radius 1 is 0.683 bits per heavy atom. The van der Waals surface area contributed by atoms with Gasteiger partial charge in [-0.25, -0.2) is 9.59 Å². The Morgan fingerprint density at radius 2 is 1.15 bits per heavy atom. The SMILES string of the molecule is O=C(O)CN(CC(=O)O)Cc1cc(C#Cc2ccc(C#Cc3ccccc3)cc2)cc(CNC(C(=O)O)C(=O)O)n1. The topological polar surface area (TPSA) is 177 Å². The van der Waals surface area contributed by atoms with Gasteiger partial charge >= 0.3 is 23.9 Å². The Morgan fingerprint density at radius 3 is 1.63 bits per heavy atom. The molecular weight excluding hydrogens is 530 g/mol. The highest BCUT2D eigenvalue weighted by molar-refractivity contribution is 5.97. The van der Waals surface area contributed by atoms with E-state index < -0.39 is 43.0 Å². The number of carboxylic acid groups (broad SMARTS) is 4. The maximum absolute atomic E-state index is 11.2. The molecule has 0 spiro atoms. The van der Waals surface area contributed by atoms with Crippen molar-refractivity contribution in [2.45, 2.75) is 19.1 Å². The molecule has 1 aromatic heterocycles. The Balaban J connectivity index is 1.87. The molecule has 11 nitrogen and oxygen atoms in total. The van der Waals surface area contributed by atoms with Gasteiger partial charge in [0.1, 0.15) is 0 Å². The summed E-state index contributed by atoms with van der Waals surface area (Å²) in [6.07, 6.45) is 0. The van der Waals surface area contributed by atoms with Crippen LogP contribution in [0, 0.1) is 23.7 Å². The van der Waals surface area contributed by atoms with E-state index in [0.717, 1.165) is 16.0 Å². The van der Waals surface area contributed by atoms with Crippen molar-refractivity contribution in [3.8, 4) is 23.7 Å². The van der Waals surface area contributed by atoms with Gasteiger partial charge < -0.3 is 20.4 Å². The van der Waals surface area contributed by atoms with Gasteiger partial charge in [0.05, 0.1) is 24.5 Å². The first-order valence-electron chi connectivity index (χ1n) is 12.1. The van der Waals surface area contributed by atoms with Crippen LogP contribution in [-0.4, -0.2) is 73.3 Å². The number of carboxylic acids is 4. The van der Waals surface area contributed by atoms with Crippen molar-refractivity contribution >= 4 is 23.9 Å². The maximum Gasteiger partial charge on any atom is 0.332 e. The normalized spacial score (nSPS) is 10.3. The van der Waals surface area contributed by atoms with Gasteiger partial charge in [-0.3, -0.25) is 24.8 Å². The van der Waals surface area contributed by atoms with Crippen LogP contribution in [0.5, 0.6) is 0 Å². The van der Waals surface area contributed by atoms with E-state index >= 15 is 0 Å². The number of nitrogens with one attached hydrogen (secondary N) is 1. The lowest BCUT2D eigenvalue weighted by Gasteiger charge is -2.18. The summed E-state index contributed by atoms with van der Waals surface area (Å²) in [7, 11) is 0. The fraction of sp³-hybridized carbons (Fsp3) is 0.167. The number of nitrogens with zero attached hydrogens (tertiary/aromatic N) is 2. The molecule has 0 saturated heterocycles. The van der Waals surface area contributed by atoms with Gasteiger partial charge in [-0.2, -0.15) is 0 Å². The Hall–Kier alpha value is -5.49. The second kappa shape index (κ2) is 14.6. The highest BCUT2D eigenvalue weighted by Crippen LogP contribution is 2.10. The second-order valence-corrected chi connectivity index (χ2v) is 8.70. The lowest BCUT2D eigenvalue weighted by molar-refractivity contribution is -0.151. The minimum absolute atomic E-state index is 0.156. The third-order valence-electron chi connectivity index (χ3n) is 5.38. The number of rotatable bonds is 11. The minimum Gasteiger partial charge on any atom is -0.480 e. The molecular formula is C30H25N3O8. The highest BCUT2D eigenvalue weighted by atomic mass is 16.4. The van der Waals surface area contributed by atoms with Gasteiger partial charge in [-0.05, 0) is 48.5 Å². The van der Waals surface area contributed by atoms with Crippen LogP contribution >= 0.6 is 0 Å². The number of benzene rings is 2. The average molecular weight is 556 g/mol. The van der Waals surface area contributed by atoms with E-state index in [1.807, 2.05) is 42.5 Å². The molecule has 0 radical (unpaired) electrons. The minimum atomic E-state index is -1.88. The number of pyridine rings is 1. The molecule has 0 amide bonds. The molecule has 41 heavy (non-hydrogen) atoms. The van der Waals surface area contributed by atoms with Crippen LogP contribution in [0.1, 0.15) is 33.6 Å². The average Bonchev–Trinajstić information content (AvgIpc) is 2.91. The van der Waals surface area contributed by atoms with Crippen LogP contribution in [0.2, 0.25) is 0 Å². The molecule has 0 bridgehead atoms. The van der Waals surface area contributed by atoms with E-state index in [1.54, 1.807) is 18.2 Å². The van der Waals surface area contributed by atoms with Crippen LogP contribution in [0.4, 0.5) is 0 Å². The van der Waals surface area contributed by atoms with Crippen LogP contribution in [-0.2, 0) is 32.3 Å². The number of hydrogen-bond donors (Lipinski definition) is 5. The quantitative estimate of drug-likeness (QED) is 0.171. The summed E-state index contributed by atoms with van der Waals surface area (Å²) in [5.41, 5.74) is 3.28. The summed E-state index contributed by atoms with van der Waals surface area (Å²) in [5.74, 6) is 6.49. The summed E-state index contributed by atoms with van der Waals surface area (Å²) < 4.78 is 0. The third-order valence-corrected chi connectivity index (χ3v) is 5.38. The van der Waals surface area contributed by atoms with Gasteiger partial charge in [0.25, 0.3) is 0 Å². The van der Waals surface area contributed by atoms with E-state index in [4.69, 9.17) is 20.4 Å². The number of carbonyl (C=O) groups is 4. The molecule has 11 heteroatoms. The predicted molar refractivity (Wildman–Crippen MR) is 146 cm³/mol. The van der Waals surface area contributed by atoms with Crippen LogP contribution in [0.15, 0.2) is 66.7 Å². The summed E-state index contributed by atoms with van der Waals surface area (Å²) in [6, 6.07) is 18.0. The number of aromatic nitrogens is 1. The summed E-state index contributed by atoms with van der Waals surface area (Å²) in [4.78, 5) is 50.4. The van der Waals surface area contributed by atoms with Crippen LogP contribution < -0.4 is 5.32 Å². The van der Waals surface area contributed by atoms with Crippen molar-refractivity contribution < 1.29 is 39.6 Å². The first-order chi connectivity index (χ1) is 19.6. The molecule has 0 aliphatic carbocycles. The third kappa shape index (κ3) is 10.3. The smallest absolute Gasteiger partial charge is 0.332 e. The van der Waals surface area contributed by atoms with Gasteiger partial charge in [0.15, 0.2) is 0 Å². The number of aliphatic carboxylic acids is 4. The van der Waals surface area contributed by atoms with Crippen molar-refractivity contribution in [1.29, 1.82) is 0 Å². The van der Waals surface area contributed by atoms with E-state index in [1.165, 1.54) is 6.07 Å². The Kier molecular flexibility index (Phi) is 10.7. The zero-order valence-corrected chi connectivity index (χ0v) is 21.6. The van der Waals surface area contributed by atoms with Gasteiger partial charge in [0.2, 0.25) is 6.04 Å². The first-order valence-corrected chi connectivity index (χ1v) is 12.1. The van der Waals surface area contributed by atoms with E-state index in [-0.39, 0.29) is 24.5 Å². The molecule has 0 aliphatic heterocycles. The lowest BCUT2D eigenvalue weighted by Crippen LogP contribution is -2.43. The monoisotopic (exact) mass is 555 g/mol. The summed E-state index contributed by atoms with van der Waals surface area (Å²) in [5, 5.41) is 38.9. The van der Waals surface area contributed by atoms with E-state index in [2.05, 4.69) is 34.0 Å². The fourth-order valence-electron chi connectivity index (χ4n) is 3.61. The first kappa shape index (κ1) is 30.1. The predicted octanol–water partition coefficient (Wildman–Crippen LogP) is 1.48. The molecule has 2 aromatic carbocycles. The number of hydrogen-bond acceptors (Lipinski definition) is 7. The molecule has 5 N–H and O–H groups in total. The largest absolute Gasteiger partial charge is 0.480 e. The highest BCUT2D eigenvalue weighted by Gasteiger charge is 2.25. The standard InChI is InChI=1S/C30H25N3O8/c34-26(35)18-33(19-27(36)37)17-25-15-23(14-24(32-25)16-31-28(29(38)39)30(40)41)13-12-22-10-8-21(9-11-22)7-6-20-4-2-1-3-5-20/h1-5,8-11,14-15,28,31H,16-19H2,(H,34,35)(H,36,37)(H,38,39)(H,40,41). The van der Waals surface area contributed by atoms with Crippen molar-refractivity contribution in [2.75, 3.05) is 13.1 Å². The van der Waals surface area contributed by atoms with E-state index in [9.17, 15) is 19.2 Å². The molecule has 0 atom stereocenters. The van der Waals surface area contributed by atoms with Crippen molar-refractivity contribution in [1.82, 2.24) is 15.2 Å². The van der Waals surface area contributed by atoms with Crippen molar-refractivity contribution in [2.24, 2.45) is 0 Å². The zero-order chi connectivity index (χ0) is 29.8. The molecule has 1 heterocycles. The lowest BCUT2D eigenvalue weighted by atomic mass is 10.1. The molecule has 208 valence electrons. The maximum atomic E-state index is 11.2. The van der Waals surface area contributed by atoms with Gasteiger partial charge in [-0.1, -0.05) is 41.9 Å². The van der Waals surface area contributed by atoms with Gasteiger partial charge in [-0.15, -0.1) is 0 Å². The summed E-state index contributed by atoms with van der Waals surface area (Å²) >= 11 is 0. The second-order valence-electron chi connectivity index (χ2n) is 8.70. The molecule has 0 saturated carbocycles. The zero-order valence-electron chi connectivity index (χ0n) is 21.6. The van der Waals surface area contributed by atoms with Crippen LogP contribution in [0.3, 0.4) is 0 Å². The summed E-state index contributed by atoms with van der Waals surface area (Å²) in [6.45, 7) is -1.52. The Labute approximate surface area is 235 Å². The van der Waals surface area contributed by atoms with Crippen LogP contribution in [0.25, 0.3) is 0 Å². The molecule has 0 fully saturated rings. The van der Waals surface area contributed by atoms with Gasteiger partial charge in [0, 0.05) is 35.3 Å². The molecule has 3 aromatic rings. The molecule has 3 rings (SSSR count).